The minimum atomic E-state index is -0.776. The van der Waals surface area contributed by atoms with Gasteiger partial charge >= 0.3 is 17.9 Å². The number of hydrogen-bond donors (Lipinski definition) is 0. The Kier molecular flexibility index (Phi) is 52.7. The summed E-state index contributed by atoms with van der Waals surface area (Å²) in [5.41, 5.74) is 0. The highest BCUT2D eigenvalue weighted by Gasteiger charge is 2.19. The SMILES string of the molecule is CCCCCCCCC/C=C\C=C/CCCCCC(=O)OCC(COC(=O)CCCCCCCCCCCCCCCCC)OC(=O)CCCCCCCCCCCCCCCCCC. The minimum absolute atomic E-state index is 0.0740. The molecule has 1 atom stereocenters. The molecule has 0 aliphatic carbocycles. The molecule has 0 aromatic rings. The van der Waals surface area contributed by atoms with Crippen LogP contribution in [0.1, 0.15) is 316 Å². The summed E-state index contributed by atoms with van der Waals surface area (Å²) in [6.07, 6.45) is 63.1. The number of hydrogen-bond acceptors (Lipinski definition) is 6. The van der Waals surface area contributed by atoms with E-state index in [-0.39, 0.29) is 31.1 Å². The summed E-state index contributed by atoms with van der Waals surface area (Å²) in [6, 6.07) is 0. The van der Waals surface area contributed by atoms with Crippen molar-refractivity contribution in [2.24, 2.45) is 0 Å². The van der Waals surface area contributed by atoms with Crippen LogP contribution in [-0.4, -0.2) is 37.2 Å². The van der Waals surface area contributed by atoms with E-state index >= 15 is 0 Å². The number of rotatable bonds is 53. The number of unbranched alkanes of at least 4 members (excludes halogenated alkanes) is 39. The molecule has 0 aliphatic rings. The molecular weight excluding hydrogens is 805 g/mol. The first-order chi connectivity index (χ1) is 32.0. The molecule has 0 saturated heterocycles. The molecule has 6 nitrogen and oxygen atoms in total. The van der Waals surface area contributed by atoms with E-state index in [1.165, 1.54) is 205 Å². The van der Waals surface area contributed by atoms with E-state index in [1.807, 2.05) is 0 Å². The maximum absolute atomic E-state index is 12.8. The van der Waals surface area contributed by atoms with Gasteiger partial charge in [-0.3, -0.25) is 14.4 Å². The topological polar surface area (TPSA) is 78.9 Å². The lowest BCUT2D eigenvalue weighted by Crippen LogP contribution is -2.30. The Morgan fingerprint density at radius 1 is 0.308 bits per heavy atom. The maximum atomic E-state index is 12.8. The van der Waals surface area contributed by atoms with Gasteiger partial charge in [0.25, 0.3) is 0 Å². The second kappa shape index (κ2) is 54.5. The lowest BCUT2D eigenvalue weighted by molar-refractivity contribution is -0.167. The second-order valence-corrected chi connectivity index (χ2v) is 19.6. The molecular formula is C59H110O6. The Labute approximate surface area is 404 Å². The molecule has 1 unspecified atom stereocenters. The highest BCUT2D eigenvalue weighted by molar-refractivity contribution is 5.71. The van der Waals surface area contributed by atoms with Crippen LogP contribution in [0.25, 0.3) is 0 Å². The molecule has 0 bridgehead atoms. The lowest BCUT2D eigenvalue weighted by atomic mass is 10.0. The quantitative estimate of drug-likeness (QED) is 0.0262. The summed E-state index contributed by atoms with van der Waals surface area (Å²) in [7, 11) is 0. The zero-order valence-electron chi connectivity index (χ0n) is 43.8. The fourth-order valence-corrected chi connectivity index (χ4v) is 8.61. The molecule has 0 spiro atoms. The summed E-state index contributed by atoms with van der Waals surface area (Å²) in [5.74, 6) is -0.880. The van der Waals surface area contributed by atoms with Crippen molar-refractivity contribution >= 4 is 17.9 Å². The van der Waals surface area contributed by atoms with Crippen LogP contribution in [-0.2, 0) is 28.6 Å². The van der Waals surface area contributed by atoms with Crippen molar-refractivity contribution in [3.63, 3.8) is 0 Å². The molecule has 382 valence electrons. The van der Waals surface area contributed by atoms with Crippen LogP contribution in [0.15, 0.2) is 24.3 Å². The van der Waals surface area contributed by atoms with Crippen molar-refractivity contribution in [3.8, 4) is 0 Å². The van der Waals surface area contributed by atoms with Gasteiger partial charge in [0, 0.05) is 19.3 Å². The summed E-state index contributed by atoms with van der Waals surface area (Å²) < 4.78 is 16.9. The first-order valence-corrected chi connectivity index (χ1v) is 28.9. The number of esters is 3. The van der Waals surface area contributed by atoms with Gasteiger partial charge < -0.3 is 14.2 Å². The molecule has 0 heterocycles. The Balaban J connectivity index is 4.37. The van der Waals surface area contributed by atoms with Crippen molar-refractivity contribution < 1.29 is 28.6 Å². The molecule has 6 heteroatoms. The van der Waals surface area contributed by atoms with E-state index in [4.69, 9.17) is 14.2 Å². The molecule has 0 N–H and O–H groups in total. The van der Waals surface area contributed by atoms with Crippen LogP contribution < -0.4 is 0 Å². The van der Waals surface area contributed by atoms with Crippen LogP contribution in [0.2, 0.25) is 0 Å². The van der Waals surface area contributed by atoms with E-state index in [0.717, 1.165) is 70.6 Å². The molecule has 0 aromatic carbocycles. The van der Waals surface area contributed by atoms with Gasteiger partial charge in [0.15, 0.2) is 6.10 Å². The fourth-order valence-electron chi connectivity index (χ4n) is 8.61. The van der Waals surface area contributed by atoms with Crippen molar-refractivity contribution in [1.29, 1.82) is 0 Å². The Morgan fingerprint density at radius 3 is 0.831 bits per heavy atom. The Hall–Kier alpha value is -2.11. The summed E-state index contributed by atoms with van der Waals surface area (Å²) in [5, 5.41) is 0. The molecule has 0 amide bonds. The normalized spacial score (nSPS) is 12.1. The highest BCUT2D eigenvalue weighted by Crippen LogP contribution is 2.17. The van der Waals surface area contributed by atoms with Crippen molar-refractivity contribution in [2.45, 2.75) is 322 Å². The largest absolute Gasteiger partial charge is 0.462 e. The minimum Gasteiger partial charge on any atom is -0.462 e. The first kappa shape index (κ1) is 62.9. The number of ether oxygens (including phenoxy) is 3. The van der Waals surface area contributed by atoms with E-state index in [1.54, 1.807) is 0 Å². The molecule has 0 saturated carbocycles. The van der Waals surface area contributed by atoms with Gasteiger partial charge in [-0.1, -0.05) is 276 Å². The smallest absolute Gasteiger partial charge is 0.306 e. The Bertz CT molecular complexity index is 1050. The second-order valence-electron chi connectivity index (χ2n) is 19.6. The van der Waals surface area contributed by atoms with Gasteiger partial charge in [-0.15, -0.1) is 0 Å². The standard InChI is InChI=1S/C59H110O6/c1-4-7-10-13-16-19-22-25-28-31-34-37-40-43-46-49-52-58(61)64-55-56(54-63-57(60)51-48-45-42-39-36-33-30-27-24-21-18-15-12-9-6-3)65-59(62)53-50-47-44-41-38-35-32-29-26-23-20-17-14-11-8-5-2/h28,31,34,37,56H,4-27,29-30,32-33,35-36,38-55H2,1-3H3/b31-28-,37-34-. The molecule has 0 rings (SSSR count). The average molecular weight is 916 g/mol. The van der Waals surface area contributed by atoms with Crippen molar-refractivity contribution in [3.05, 3.63) is 24.3 Å². The maximum Gasteiger partial charge on any atom is 0.306 e. The van der Waals surface area contributed by atoms with Gasteiger partial charge in [0.1, 0.15) is 13.2 Å². The van der Waals surface area contributed by atoms with E-state index in [9.17, 15) is 14.4 Å². The van der Waals surface area contributed by atoms with Gasteiger partial charge in [-0.25, -0.2) is 0 Å². The average Bonchev–Trinajstić information content (AvgIpc) is 3.30. The van der Waals surface area contributed by atoms with Crippen LogP contribution in [0, 0.1) is 0 Å². The van der Waals surface area contributed by atoms with E-state index < -0.39 is 6.10 Å². The summed E-state index contributed by atoms with van der Waals surface area (Å²) in [6.45, 7) is 6.66. The zero-order chi connectivity index (χ0) is 47.2. The van der Waals surface area contributed by atoms with Crippen LogP contribution >= 0.6 is 0 Å². The Morgan fingerprint density at radius 2 is 0.538 bits per heavy atom. The van der Waals surface area contributed by atoms with Gasteiger partial charge in [-0.2, -0.15) is 0 Å². The third kappa shape index (κ3) is 52.7. The van der Waals surface area contributed by atoms with Gasteiger partial charge in [-0.05, 0) is 44.9 Å². The molecule has 0 aliphatic heterocycles. The third-order valence-electron chi connectivity index (χ3n) is 13.0. The van der Waals surface area contributed by atoms with Crippen LogP contribution in [0.3, 0.4) is 0 Å². The molecule has 0 fully saturated rings. The van der Waals surface area contributed by atoms with E-state index in [2.05, 4.69) is 45.1 Å². The highest BCUT2D eigenvalue weighted by atomic mass is 16.6. The van der Waals surface area contributed by atoms with E-state index in [0.29, 0.717) is 19.3 Å². The predicted octanol–water partition coefficient (Wildman–Crippen LogP) is 19.1. The zero-order valence-corrected chi connectivity index (χ0v) is 43.8. The van der Waals surface area contributed by atoms with Crippen LogP contribution in [0.5, 0.6) is 0 Å². The molecule has 0 aromatic heterocycles. The van der Waals surface area contributed by atoms with Crippen LogP contribution in [0.4, 0.5) is 0 Å². The lowest BCUT2D eigenvalue weighted by Gasteiger charge is -2.18. The number of allylic oxidation sites excluding steroid dienone is 4. The first-order valence-electron chi connectivity index (χ1n) is 28.9. The molecule has 65 heavy (non-hydrogen) atoms. The van der Waals surface area contributed by atoms with Gasteiger partial charge in [0.05, 0.1) is 0 Å². The number of carbonyl (C=O) groups excluding carboxylic acids is 3. The molecule has 0 radical (unpaired) electrons. The van der Waals surface area contributed by atoms with Crippen molar-refractivity contribution in [1.82, 2.24) is 0 Å². The predicted molar refractivity (Wildman–Crippen MR) is 279 cm³/mol. The monoisotopic (exact) mass is 915 g/mol. The van der Waals surface area contributed by atoms with Crippen molar-refractivity contribution in [2.75, 3.05) is 13.2 Å². The summed E-state index contributed by atoms with van der Waals surface area (Å²) in [4.78, 5) is 38.1. The summed E-state index contributed by atoms with van der Waals surface area (Å²) >= 11 is 0. The van der Waals surface area contributed by atoms with Gasteiger partial charge in [0.2, 0.25) is 0 Å². The fraction of sp³-hybridized carbons (Fsp3) is 0.881. The number of carbonyl (C=O) groups is 3. The third-order valence-corrected chi connectivity index (χ3v) is 13.0.